The van der Waals surface area contributed by atoms with E-state index in [2.05, 4.69) is 0 Å². The van der Waals surface area contributed by atoms with Crippen molar-refractivity contribution in [3.05, 3.63) is 12.2 Å². The summed E-state index contributed by atoms with van der Waals surface area (Å²) < 4.78 is 4.81. The molecule has 0 aromatic rings. The van der Waals surface area contributed by atoms with Crippen LogP contribution in [0.1, 0.15) is 13.8 Å². The summed E-state index contributed by atoms with van der Waals surface area (Å²) in [5.41, 5.74) is -1.86. The van der Waals surface area contributed by atoms with E-state index in [1.807, 2.05) is 0 Å². The average molecular weight is 192 g/mol. The molecule has 6 heteroatoms. The van der Waals surface area contributed by atoms with Crippen LogP contribution in [0.4, 0.5) is 0 Å². The van der Waals surface area contributed by atoms with Crippen LogP contribution in [0.5, 0.6) is 0 Å². The monoisotopic (exact) mass is 192 g/mol. The van der Waals surface area contributed by atoms with Gasteiger partial charge in [-0.1, -0.05) is 5.72 Å². The first-order chi connectivity index (χ1) is 6.25. The number of rotatable bonds is 4. The van der Waals surface area contributed by atoms with Crippen LogP contribution >= 0.6 is 0 Å². The van der Waals surface area contributed by atoms with E-state index in [1.54, 1.807) is 0 Å². The minimum Gasteiger partial charge on any atom is -0.478 e. The molecule has 0 fully saturated rings. The summed E-state index contributed by atoms with van der Waals surface area (Å²) in [4.78, 5) is 21.0. The van der Waals surface area contributed by atoms with Gasteiger partial charge in [0.2, 0.25) is 0 Å². The van der Waals surface area contributed by atoms with E-state index in [-0.39, 0.29) is 0 Å². The maximum absolute atomic E-state index is 11.0. The van der Waals surface area contributed by atoms with Crippen LogP contribution in [-0.4, -0.2) is 38.3 Å². The highest BCUT2D eigenvalue weighted by atomic mass is 16.6. The first kappa shape index (κ1) is 12.8. The number of carbonyl (C=O) groups excluding carboxylic acids is 1. The molecular weight excluding hydrogens is 182 g/mol. The zero-order valence-electron chi connectivity index (χ0n) is 8.06. The van der Waals surface area contributed by atoms with Crippen molar-refractivity contribution in [2.45, 2.75) is 25.2 Å². The van der Waals surface area contributed by atoms with E-state index in [1.165, 1.54) is 13.8 Å². The summed E-state index contributed by atoms with van der Waals surface area (Å²) >= 11 is 0. The van der Waals surface area contributed by atoms with E-state index in [9.17, 15) is 9.59 Å². The van der Waals surface area contributed by atoms with Crippen LogP contribution in [-0.2, 0) is 14.3 Å². The molecule has 0 aromatic heterocycles. The van der Waals surface area contributed by atoms with E-state index < -0.39 is 23.3 Å². The van der Waals surface area contributed by atoms with Gasteiger partial charge in [0.15, 0.2) is 0 Å². The Bertz CT molecular complexity index is 258. The molecule has 0 bridgehead atoms. The molecule has 0 unspecified atom stereocenters. The van der Waals surface area contributed by atoms with Crippen molar-refractivity contribution < 1.29 is 19.4 Å². The largest absolute Gasteiger partial charge is 0.478 e. The SMILES string of the molecule is [B]C([B])C(C)(C)OC(=O)/C=C\C(=O)O. The predicted octanol–water partition coefficient (Wildman–Crippen LogP) is 0.0320. The summed E-state index contributed by atoms with van der Waals surface area (Å²) in [6, 6.07) is 0. The second kappa shape index (κ2) is 4.88. The van der Waals surface area contributed by atoms with Crippen molar-refractivity contribution in [1.29, 1.82) is 0 Å². The summed E-state index contributed by atoms with van der Waals surface area (Å²) in [5.74, 6) is -2.02. The topological polar surface area (TPSA) is 63.6 Å². The highest BCUT2D eigenvalue weighted by molar-refractivity contribution is 6.36. The first-order valence-electron chi connectivity index (χ1n) is 3.91. The van der Waals surface area contributed by atoms with Gasteiger partial charge in [0, 0.05) is 12.2 Å². The fourth-order valence-corrected chi connectivity index (χ4v) is 0.501. The van der Waals surface area contributed by atoms with Crippen LogP contribution in [0, 0.1) is 0 Å². The Labute approximate surface area is 85.1 Å². The lowest BCUT2D eigenvalue weighted by molar-refractivity contribution is -0.149. The molecule has 0 aliphatic rings. The van der Waals surface area contributed by atoms with Crippen molar-refractivity contribution in [3.8, 4) is 0 Å². The first-order valence-corrected chi connectivity index (χ1v) is 3.91. The molecule has 0 saturated carbocycles. The highest BCUT2D eigenvalue weighted by Crippen LogP contribution is 2.20. The third kappa shape index (κ3) is 4.74. The summed E-state index contributed by atoms with van der Waals surface area (Å²) in [6.07, 6.45) is 1.48. The fourth-order valence-electron chi connectivity index (χ4n) is 0.501. The number of hydrogen-bond acceptors (Lipinski definition) is 3. The molecule has 0 saturated heterocycles. The third-order valence-corrected chi connectivity index (χ3v) is 1.53. The smallest absolute Gasteiger partial charge is 0.331 e. The zero-order chi connectivity index (χ0) is 11.4. The molecule has 0 amide bonds. The lowest BCUT2D eigenvalue weighted by Gasteiger charge is -2.29. The molecule has 4 radical (unpaired) electrons. The number of ether oxygens (including phenoxy) is 1. The quantitative estimate of drug-likeness (QED) is 0.387. The average Bonchev–Trinajstić information content (AvgIpc) is 1.99. The van der Waals surface area contributed by atoms with Gasteiger partial charge in [-0.05, 0) is 13.8 Å². The van der Waals surface area contributed by atoms with Crippen LogP contribution in [0.3, 0.4) is 0 Å². The lowest BCUT2D eigenvalue weighted by Crippen LogP contribution is -2.33. The van der Waals surface area contributed by atoms with Gasteiger partial charge in [-0.15, -0.1) is 0 Å². The van der Waals surface area contributed by atoms with Crippen LogP contribution in [0.2, 0.25) is 5.72 Å². The highest BCUT2D eigenvalue weighted by Gasteiger charge is 2.24. The molecule has 0 atom stereocenters. The number of esters is 1. The van der Waals surface area contributed by atoms with E-state index in [0.29, 0.717) is 6.08 Å². The van der Waals surface area contributed by atoms with Crippen molar-refractivity contribution in [3.63, 3.8) is 0 Å². The molecule has 4 nitrogen and oxygen atoms in total. The third-order valence-electron chi connectivity index (χ3n) is 1.53. The molecule has 0 aliphatic heterocycles. The van der Waals surface area contributed by atoms with Gasteiger partial charge >= 0.3 is 11.9 Å². The van der Waals surface area contributed by atoms with Crippen LogP contribution in [0.15, 0.2) is 12.2 Å². The Morgan fingerprint density at radius 3 is 2.21 bits per heavy atom. The molecule has 1 N–H and O–H groups in total. The maximum Gasteiger partial charge on any atom is 0.331 e. The lowest BCUT2D eigenvalue weighted by atomic mass is 9.62. The Morgan fingerprint density at radius 2 is 1.86 bits per heavy atom. The van der Waals surface area contributed by atoms with Gasteiger partial charge in [0.1, 0.15) is 0 Å². The summed E-state index contributed by atoms with van der Waals surface area (Å²) in [6.45, 7) is 3.06. The zero-order valence-corrected chi connectivity index (χ0v) is 8.06. The Morgan fingerprint density at radius 1 is 1.36 bits per heavy atom. The minimum absolute atomic E-state index is 0.681. The minimum atomic E-state index is -1.23. The van der Waals surface area contributed by atoms with E-state index in [4.69, 9.17) is 25.5 Å². The Balaban J connectivity index is 4.26. The summed E-state index contributed by atoms with van der Waals surface area (Å²) in [5, 5.41) is 8.23. The maximum atomic E-state index is 11.0. The van der Waals surface area contributed by atoms with Gasteiger partial charge in [0.25, 0.3) is 0 Å². The number of aliphatic carboxylic acids is 1. The molecule has 14 heavy (non-hydrogen) atoms. The molecule has 72 valence electrons. The molecule has 0 aromatic carbocycles. The van der Waals surface area contributed by atoms with E-state index >= 15 is 0 Å². The van der Waals surface area contributed by atoms with Gasteiger partial charge in [-0.25, -0.2) is 9.59 Å². The Kier molecular flexibility index (Phi) is 4.47. The fraction of sp³-hybridized carbons (Fsp3) is 0.500. The molecular formula is C8H10B2O4. The molecule has 0 heterocycles. The van der Waals surface area contributed by atoms with Gasteiger partial charge in [-0.2, -0.15) is 0 Å². The van der Waals surface area contributed by atoms with Crippen molar-refractivity contribution in [2.24, 2.45) is 0 Å². The standard InChI is InChI=1S/C8H10B2O4/c1-8(2,7(9)10)14-6(13)4-3-5(11)12/h3-4,7H,1-2H3,(H,11,12)/b4-3-. The normalized spacial score (nSPS) is 11.9. The molecule has 0 rings (SSSR count). The number of carboxylic acid groups (broad SMARTS) is 1. The Hall–Kier alpha value is -1.19. The van der Waals surface area contributed by atoms with Crippen molar-refractivity contribution >= 4 is 27.6 Å². The van der Waals surface area contributed by atoms with Crippen molar-refractivity contribution in [2.75, 3.05) is 0 Å². The van der Waals surface area contributed by atoms with Crippen LogP contribution in [0.25, 0.3) is 0 Å². The van der Waals surface area contributed by atoms with Crippen LogP contribution < -0.4 is 0 Å². The molecule has 0 spiro atoms. The summed E-state index contributed by atoms with van der Waals surface area (Å²) in [7, 11) is 10.7. The van der Waals surface area contributed by atoms with Gasteiger partial charge in [0.05, 0.1) is 21.3 Å². The second-order valence-corrected chi connectivity index (χ2v) is 3.22. The second-order valence-electron chi connectivity index (χ2n) is 3.22. The van der Waals surface area contributed by atoms with Gasteiger partial charge < -0.3 is 9.84 Å². The number of carbonyl (C=O) groups is 2. The number of hydrogen-bond donors (Lipinski definition) is 1. The van der Waals surface area contributed by atoms with Gasteiger partial charge in [-0.3, -0.25) is 0 Å². The van der Waals surface area contributed by atoms with E-state index in [0.717, 1.165) is 6.08 Å². The predicted molar refractivity (Wildman–Crippen MR) is 52.2 cm³/mol. The van der Waals surface area contributed by atoms with Crippen molar-refractivity contribution in [1.82, 2.24) is 0 Å². The molecule has 0 aliphatic carbocycles. The number of carboxylic acids is 1.